The van der Waals surface area contributed by atoms with Crippen molar-refractivity contribution < 1.29 is 146 Å². The second kappa shape index (κ2) is 61.8. The number of hydrogen-bond acceptors (Lipinski definition) is 33. The maximum Gasteiger partial charge on any atom is 0.410 e. The van der Waals surface area contributed by atoms with Crippen LogP contribution >= 0.6 is 11.3 Å². The molecule has 0 bridgehead atoms. The molecule has 5 saturated heterocycles. The first-order valence-corrected chi connectivity index (χ1v) is 51.1. The number of piperazine rings is 1. The maximum atomic E-state index is 13.9. The Morgan fingerprint density at radius 1 is 0.527 bits per heavy atom. The Morgan fingerprint density at radius 3 is 1.36 bits per heavy atom. The number of fused-ring (bicyclic) bond motifs is 3. The van der Waals surface area contributed by atoms with Crippen molar-refractivity contribution in [1.29, 1.82) is 0 Å². The number of ether oxygens (including phenoxy) is 12. The Balaban J connectivity index is 0.000000303. The topological polar surface area (TPSA) is 476 Å². The summed E-state index contributed by atoms with van der Waals surface area (Å²) in [5.41, 5.74) is 18.0. The average molecular weight is 2210 g/mol. The first kappa shape index (κ1) is 126. The fourth-order valence-corrected chi connectivity index (χ4v) is 15.0. The molecule has 0 radical (unpaired) electrons. The minimum absolute atomic E-state index is 0. The van der Waals surface area contributed by atoms with Crippen LogP contribution in [-0.4, -0.2) is 306 Å². The van der Waals surface area contributed by atoms with Crippen LogP contribution in [0, 0.1) is 24.9 Å². The molecule has 826 valence electrons. The van der Waals surface area contributed by atoms with E-state index in [9.17, 15) is 60.3 Å². The van der Waals surface area contributed by atoms with Crippen LogP contribution in [0.15, 0.2) is 143 Å². The smallest absolute Gasteiger partial charge is 0.410 e. The Labute approximate surface area is 882 Å². The van der Waals surface area contributed by atoms with Crippen LogP contribution in [0.2, 0.25) is 0 Å². The zero-order chi connectivity index (χ0) is 108. The summed E-state index contributed by atoms with van der Waals surface area (Å²) in [5.74, 6) is -0.0736. The van der Waals surface area contributed by atoms with Gasteiger partial charge in [0.05, 0.1) is 114 Å². The molecular weight excluding hydrogens is 2060 g/mol. The number of aromatic nitrogens is 5. The van der Waals surface area contributed by atoms with Crippen molar-refractivity contribution in [3.63, 3.8) is 0 Å². The molecule has 4 aromatic heterocycles. The standard InChI is InChI=1S/C18H19FN2O3.2C16H23FN2O4.C13H12N6O5S2.C12H17NO2.C11H21NO3.C10H19NO4.C5H12.CH3.Pd/c19-16-12-15(22)6-7-17(16)20-8-10-21(11-9-20)18(23)24-13-14-4-2-1-3-5-14;2*1-16(2,3)23-15(20)19-6-7-21-12(9-19)10-22-11-4-5-14(18)13(17)8-11;1-26(21,22)24-6-4-18-10-8(25-13(18)20)11-15-9(7-3-2-5-23-7)17-19(11)12(14)16-10;1-3-13(4-2)12(14)15-10-11-8-6-5-7-9-11;1-5-9-8-12(6-7-14-9)10(13)15-11(2,3)4;1-10(2,3)15-9(13)11-4-5-14-8(6-11)7-12;1-3-5-4-2;;/h1-7,12,22H,8-11,13H2;2*4-5,8,12H,6-7,9-10,18H2,1-3H3;2-3,5H,4,6H2,1H3,(H2,14,16);5-9H,3-4,10H2,1-2H3;9H,5-8H2,1-4H3;8,12H,4-7H2,1-3H3;3-5H2,1-2H3;1H3;/q;;;;;;;;-1;. The van der Waals surface area contributed by atoms with Gasteiger partial charge in [0.15, 0.2) is 17.1 Å². The van der Waals surface area contributed by atoms with E-state index in [2.05, 4.69) is 40.0 Å². The number of aromatic hydroxyl groups is 1. The number of thiazole rings is 1. The first-order chi connectivity index (χ1) is 69.0. The van der Waals surface area contributed by atoms with Crippen LogP contribution in [0.1, 0.15) is 155 Å². The number of carbonyl (C=O) groups excluding carboxylic acids is 6. The van der Waals surface area contributed by atoms with Gasteiger partial charge in [0, 0.05) is 104 Å². The van der Waals surface area contributed by atoms with E-state index in [1.54, 1.807) is 59.7 Å². The number of phenols is 1. The number of aliphatic hydroxyl groups excluding tert-OH is 1. The molecule has 14 rings (SSSR count). The van der Waals surface area contributed by atoms with Gasteiger partial charge in [0.2, 0.25) is 11.8 Å². The van der Waals surface area contributed by atoms with Crippen LogP contribution < -0.4 is 36.4 Å². The second-order valence-corrected chi connectivity index (χ2v) is 40.4. The molecule has 5 aromatic carbocycles. The van der Waals surface area contributed by atoms with E-state index < -0.39 is 50.0 Å². The van der Waals surface area contributed by atoms with Gasteiger partial charge in [0.25, 0.3) is 10.1 Å². The molecule has 4 unspecified atom stereocenters. The third-order valence-corrected chi connectivity index (χ3v) is 22.6. The van der Waals surface area contributed by atoms with Gasteiger partial charge in [-0.2, -0.15) is 17.9 Å². The van der Waals surface area contributed by atoms with Crippen molar-refractivity contribution >= 4 is 97.0 Å². The summed E-state index contributed by atoms with van der Waals surface area (Å²) in [6.45, 7) is 42.2. The molecule has 46 heteroatoms. The van der Waals surface area contributed by atoms with Crippen LogP contribution in [0.4, 0.5) is 64.9 Å². The Bertz CT molecular complexity index is 5560. The number of halogens is 3. The van der Waals surface area contributed by atoms with E-state index in [-0.39, 0.29) is 156 Å². The number of nitrogens with two attached hydrogens (primary N) is 3. The molecule has 8 N–H and O–H groups in total. The number of unbranched alkanes of at least 4 members (excludes halogenated alkanes) is 2. The maximum absolute atomic E-state index is 13.9. The zero-order valence-electron chi connectivity index (χ0n) is 88.2. The van der Waals surface area contributed by atoms with Gasteiger partial charge >= 0.3 is 41.4 Å². The number of hydrogen-bond donors (Lipinski definition) is 5. The molecule has 0 saturated carbocycles. The number of phenolic OH excluding ortho intramolecular Hbond substituents is 1. The average Bonchev–Trinajstić information content (AvgIpc) is 1.59. The first-order valence-electron chi connectivity index (χ1n) is 48.4. The van der Waals surface area contributed by atoms with E-state index in [0.29, 0.717) is 169 Å². The predicted molar refractivity (Wildman–Crippen MR) is 553 cm³/mol. The van der Waals surface area contributed by atoms with Gasteiger partial charge < -0.3 is 130 Å². The second-order valence-electron chi connectivity index (χ2n) is 37.8. The summed E-state index contributed by atoms with van der Waals surface area (Å²) in [5, 5.41) is 22.4. The molecule has 5 aliphatic rings. The van der Waals surface area contributed by atoms with E-state index in [1.807, 2.05) is 162 Å². The van der Waals surface area contributed by atoms with Gasteiger partial charge in [-0.15, -0.1) is 5.10 Å². The van der Waals surface area contributed by atoms with Gasteiger partial charge in [-0.1, -0.05) is 112 Å². The van der Waals surface area contributed by atoms with E-state index in [0.717, 1.165) is 41.2 Å². The summed E-state index contributed by atoms with van der Waals surface area (Å²) in [6.07, 6.45) is 4.80. The van der Waals surface area contributed by atoms with E-state index in [4.69, 9.17) is 83.6 Å². The minimum atomic E-state index is -3.60. The number of nitrogen functional groups attached to an aromatic ring is 3. The number of nitrogens with zero attached hydrogens (tertiary/aromatic N) is 12. The number of rotatable bonds is 22. The molecule has 6 amide bonds. The summed E-state index contributed by atoms with van der Waals surface area (Å²) < 4.78 is 140. The van der Waals surface area contributed by atoms with Crippen molar-refractivity contribution in [3.8, 4) is 28.8 Å². The number of aliphatic hydroxyl groups is 1. The Kier molecular flexibility index (Phi) is 52.8. The fourth-order valence-electron chi connectivity index (χ4n) is 13.7. The van der Waals surface area contributed by atoms with Gasteiger partial charge in [-0.25, -0.2) is 46.9 Å². The van der Waals surface area contributed by atoms with Crippen LogP contribution in [0.3, 0.4) is 0 Å². The van der Waals surface area contributed by atoms with Crippen molar-refractivity contribution in [3.05, 3.63) is 179 Å². The SMILES string of the molecule is CC(C)(C)OC(=O)N1CCOC(CO)C1.CC(C)(C)OC(=O)N1CCOC(COc2ccc(N)c(F)c2)C1.CC(C)(C)OC(=O)N1CCOC(COc2ccc(N)c(F)c2)C1.CCC1CN(C(=O)OC(C)(C)C)CCO1.CCCCC.CCN(CC)C(=O)OCc1ccccc1.CS(=O)(=O)OCCn1c(=O)sc2c1nc(N)n1nc(-c3ccco3)nc21.O=C(OCc1ccccc1)N1CCN(c2ccc(O)cc2F)CC1.[CH3-].[Pd]. The molecule has 9 heterocycles. The predicted octanol–water partition coefficient (Wildman–Crippen LogP) is 16.1. The van der Waals surface area contributed by atoms with Crippen LogP contribution in [0.25, 0.3) is 27.6 Å². The quantitative estimate of drug-likeness (QED) is 0.0138. The Morgan fingerprint density at radius 2 is 0.966 bits per heavy atom. The number of benzene rings is 5. The molecule has 40 nitrogen and oxygen atoms in total. The van der Waals surface area contributed by atoms with Crippen molar-refractivity contribution in [2.24, 2.45) is 0 Å². The van der Waals surface area contributed by atoms with Crippen molar-refractivity contribution in [2.75, 3.05) is 173 Å². The van der Waals surface area contributed by atoms with Gasteiger partial charge in [0.1, 0.15) is 100 Å². The normalized spacial score (nSPS) is 16.2. The molecule has 148 heavy (non-hydrogen) atoms. The summed E-state index contributed by atoms with van der Waals surface area (Å²) in [6, 6.07) is 35.2. The molecular formula is C102H149F3N15O25PdS2-. The van der Waals surface area contributed by atoms with Crippen LogP contribution in [-0.2, 0) is 102 Å². The number of carbonyl (C=O) groups is 6. The van der Waals surface area contributed by atoms with Crippen molar-refractivity contribution in [1.82, 2.24) is 53.5 Å². The van der Waals surface area contributed by atoms with Gasteiger partial charge in [-0.3, -0.25) is 13.5 Å². The number of amides is 6. The van der Waals surface area contributed by atoms with Crippen molar-refractivity contribution in [2.45, 2.75) is 210 Å². The Hall–Kier alpha value is -12.0. The third kappa shape index (κ3) is 45.2. The molecule has 0 aliphatic carbocycles. The molecule has 0 spiro atoms. The number of furan rings is 1. The number of anilines is 4. The monoisotopic (exact) mass is 2210 g/mol. The number of morpholine rings is 4. The molecule has 5 fully saturated rings. The zero-order valence-corrected chi connectivity index (χ0v) is 91.4. The molecule has 5 aliphatic heterocycles. The van der Waals surface area contributed by atoms with E-state index >= 15 is 0 Å². The van der Waals surface area contributed by atoms with Gasteiger partial charge in [-0.05, 0) is 163 Å². The molecule has 9 aromatic rings. The van der Waals surface area contributed by atoms with E-state index in [1.165, 1.54) is 64.9 Å². The minimum Gasteiger partial charge on any atom is -0.508 e. The summed E-state index contributed by atoms with van der Waals surface area (Å²) in [7, 11) is -3.60. The summed E-state index contributed by atoms with van der Waals surface area (Å²) in [4.78, 5) is 103. The summed E-state index contributed by atoms with van der Waals surface area (Å²) >= 11 is 0.916. The molecule has 4 atom stereocenters. The fraction of sp³-hybridized carbons (Fsp3) is 0.539. The third-order valence-electron chi connectivity index (χ3n) is 21.1. The largest absolute Gasteiger partial charge is 0.508 e. The van der Waals surface area contributed by atoms with Crippen LogP contribution in [0.5, 0.6) is 17.2 Å².